The van der Waals surface area contributed by atoms with E-state index >= 15 is 4.39 Å². The van der Waals surface area contributed by atoms with Crippen molar-refractivity contribution >= 4 is 59.4 Å². The summed E-state index contributed by atoms with van der Waals surface area (Å²) in [5.74, 6) is -0.263. The number of likely N-dealkylation sites (tertiary alicyclic amines) is 1. The van der Waals surface area contributed by atoms with E-state index in [9.17, 15) is 14.7 Å². The fourth-order valence-electron chi connectivity index (χ4n) is 6.47. The average Bonchev–Trinajstić information content (AvgIpc) is 3.07. The van der Waals surface area contributed by atoms with E-state index in [2.05, 4.69) is 24.6 Å². The summed E-state index contributed by atoms with van der Waals surface area (Å²) in [6.07, 6.45) is 0.0190. The molecule has 14 heteroatoms. The zero-order valence-corrected chi connectivity index (χ0v) is 32.4. The highest BCUT2D eigenvalue weighted by atomic mass is 35.5. The van der Waals surface area contributed by atoms with Gasteiger partial charge in [-0.2, -0.15) is 9.97 Å². The average molecular weight is 752 g/mol. The topological polar surface area (TPSA) is 118 Å². The Kier molecular flexibility index (Phi) is 10.7. The number of ether oxygens (including phenoxy) is 3. The molecule has 4 aromatic rings. The third-order valence-electron chi connectivity index (χ3n) is 9.24. The first kappa shape index (κ1) is 37.4. The predicted octanol–water partition coefficient (Wildman–Crippen LogP) is 8.32. The molecule has 6 rings (SSSR count). The van der Waals surface area contributed by atoms with Crippen LogP contribution in [0.5, 0.6) is 11.8 Å². The van der Waals surface area contributed by atoms with Crippen molar-refractivity contribution in [2.24, 2.45) is 0 Å². The maximum atomic E-state index is 17.0. The molecule has 1 N–H and O–H groups in total. The van der Waals surface area contributed by atoms with Crippen molar-refractivity contribution in [3.8, 4) is 22.9 Å². The fraction of sp³-hybridized carbons (Fsp3) is 0.474. The monoisotopic (exact) mass is 751 g/mol. The second-order valence-electron chi connectivity index (χ2n) is 15.7. The van der Waals surface area contributed by atoms with E-state index < -0.39 is 25.6 Å². The summed E-state index contributed by atoms with van der Waals surface area (Å²) >= 11 is 6.88. The number of carbonyl (C=O) groups is 2. The molecule has 2 saturated heterocycles. The number of benzene rings is 3. The number of hydrogen-bond donors (Lipinski definition) is 1. The highest BCUT2D eigenvalue weighted by molar-refractivity contribution is 6.76. The first-order valence-electron chi connectivity index (χ1n) is 17.8. The number of rotatable bonds is 7. The molecule has 0 unspecified atom stereocenters. The Bertz CT molecular complexity index is 1970. The van der Waals surface area contributed by atoms with Gasteiger partial charge < -0.3 is 34.0 Å². The summed E-state index contributed by atoms with van der Waals surface area (Å²) in [5, 5.41) is 12.6. The lowest BCUT2D eigenvalue weighted by molar-refractivity contribution is 0.0240. The van der Waals surface area contributed by atoms with E-state index in [1.165, 1.54) is 6.07 Å². The number of piperidine rings is 1. The summed E-state index contributed by atoms with van der Waals surface area (Å²) in [6, 6.07) is 13.1. The minimum absolute atomic E-state index is 0.00109. The lowest BCUT2D eigenvalue weighted by Gasteiger charge is -2.36. The molecule has 2 aliphatic heterocycles. The smallest absolute Gasteiger partial charge is 0.410 e. The van der Waals surface area contributed by atoms with Gasteiger partial charge in [-0.1, -0.05) is 55.5 Å². The summed E-state index contributed by atoms with van der Waals surface area (Å²) < 4.78 is 34.4. The van der Waals surface area contributed by atoms with Gasteiger partial charge in [0.15, 0.2) is 5.82 Å². The maximum Gasteiger partial charge on any atom is 0.410 e. The number of anilines is 1. The molecular weight excluding hydrogens is 705 g/mol. The summed E-state index contributed by atoms with van der Waals surface area (Å²) in [4.78, 5) is 40.2. The Hall–Kier alpha value is -4.36. The quantitative estimate of drug-likeness (QED) is 0.186. The molecule has 0 spiro atoms. The molecule has 11 nitrogen and oxygen atoms in total. The Balaban J connectivity index is 1.31. The van der Waals surface area contributed by atoms with Gasteiger partial charge in [0.1, 0.15) is 28.8 Å². The third kappa shape index (κ3) is 8.63. The van der Waals surface area contributed by atoms with Crippen LogP contribution in [0.4, 0.5) is 19.8 Å². The molecule has 0 aliphatic carbocycles. The van der Waals surface area contributed by atoms with E-state index in [1.54, 1.807) is 21.9 Å². The Morgan fingerprint density at radius 1 is 0.942 bits per heavy atom. The zero-order chi connectivity index (χ0) is 37.4. The molecule has 2 aliphatic rings. The van der Waals surface area contributed by atoms with Crippen molar-refractivity contribution in [2.45, 2.75) is 71.0 Å². The summed E-state index contributed by atoms with van der Waals surface area (Å²) in [6.45, 7) is 15.1. The zero-order valence-electron chi connectivity index (χ0n) is 30.7. The van der Waals surface area contributed by atoms with Crippen molar-refractivity contribution < 1.29 is 33.3 Å². The highest BCUT2D eigenvalue weighted by Crippen LogP contribution is 2.42. The molecule has 52 heavy (non-hydrogen) atoms. The Morgan fingerprint density at radius 3 is 2.29 bits per heavy atom. The number of phenols is 1. The van der Waals surface area contributed by atoms with Crippen molar-refractivity contribution in [3.63, 3.8) is 0 Å². The van der Waals surface area contributed by atoms with Crippen LogP contribution in [0.2, 0.25) is 30.7 Å². The number of aromatic hydroxyl groups is 1. The fourth-order valence-corrected chi connectivity index (χ4v) is 7.48. The van der Waals surface area contributed by atoms with Crippen LogP contribution in [0, 0.1) is 5.82 Å². The van der Waals surface area contributed by atoms with Gasteiger partial charge in [-0.25, -0.2) is 14.0 Å². The molecule has 0 atom stereocenters. The molecule has 0 bridgehead atoms. The van der Waals surface area contributed by atoms with Crippen molar-refractivity contribution in [1.29, 1.82) is 0 Å². The van der Waals surface area contributed by atoms with Gasteiger partial charge in [0.2, 0.25) is 0 Å². The molecule has 0 radical (unpaired) electrons. The second kappa shape index (κ2) is 14.9. The van der Waals surface area contributed by atoms with Gasteiger partial charge in [-0.05, 0) is 61.4 Å². The van der Waals surface area contributed by atoms with Crippen LogP contribution >= 0.6 is 11.6 Å². The molecule has 0 saturated carbocycles. The number of hydrogen-bond acceptors (Lipinski definition) is 9. The standard InChI is InChI=1S/C38H47ClFN5O6Si/c1-38(2,3)51-37(48)45-17-15-43(16-18-45)34-29-23-30(39)31(28-22-25(46)21-24-9-7-8-10-27(24)28)32(40)33(29)41-35(42-34)50-26-11-13-44(14-12-26)36(47)49-19-20-52(4,5)6/h7-10,21-23,26,46H,11-20H2,1-6H3. The first-order chi connectivity index (χ1) is 24.6. The molecule has 2 amide bonds. The van der Waals surface area contributed by atoms with Crippen LogP contribution < -0.4 is 9.64 Å². The number of amides is 2. The molecule has 1 aromatic heterocycles. The molecule has 3 aromatic carbocycles. The molecule has 3 heterocycles. The first-order valence-corrected chi connectivity index (χ1v) is 21.9. The Morgan fingerprint density at radius 2 is 1.62 bits per heavy atom. The van der Waals surface area contributed by atoms with Crippen molar-refractivity contribution in [1.82, 2.24) is 19.8 Å². The number of nitrogens with zero attached hydrogens (tertiary/aromatic N) is 5. The molecule has 278 valence electrons. The van der Waals surface area contributed by atoms with E-state index in [0.717, 1.165) is 16.8 Å². The SMILES string of the molecule is CC(C)(C)OC(=O)N1CCN(c2nc(OC3CCN(C(=O)OCC[Si](C)(C)C)CC3)nc3c(F)c(-c4cc(O)cc5ccccc45)c(Cl)cc23)CC1. The molecule has 2 fully saturated rings. The number of fused-ring (bicyclic) bond motifs is 2. The van der Waals surface area contributed by atoms with Gasteiger partial charge in [-0.3, -0.25) is 0 Å². The number of halogens is 2. The van der Waals surface area contributed by atoms with Crippen LogP contribution in [0.25, 0.3) is 32.8 Å². The van der Waals surface area contributed by atoms with E-state index in [4.69, 9.17) is 30.8 Å². The third-order valence-corrected chi connectivity index (χ3v) is 11.2. The van der Waals surface area contributed by atoms with Crippen LogP contribution in [0.15, 0.2) is 42.5 Å². The normalized spacial score (nSPS) is 16.0. The minimum Gasteiger partial charge on any atom is -0.508 e. The number of phenolic OH excluding ortho intramolecular Hbond substituents is 1. The second-order valence-corrected chi connectivity index (χ2v) is 21.7. The lowest BCUT2D eigenvalue weighted by atomic mass is 9.96. The predicted molar refractivity (Wildman–Crippen MR) is 204 cm³/mol. The largest absolute Gasteiger partial charge is 0.508 e. The minimum atomic E-state index is -1.33. The van der Waals surface area contributed by atoms with Crippen LogP contribution in [0.1, 0.15) is 33.6 Å². The van der Waals surface area contributed by atoms with Crippen molar-refractivity contribution in [2.75, 3.05) is 50.8 Å². The van der Waals surface area contributed by atoms with Gasteiger partial charge >= 0.3 is 18.2 Å². The van der Waals surface area contributed by atoms with Crippen LogP contribution in [-0.4, -0.2) is 103 Å². The van der Waals surface area contributed by atoms with E-state index in [1.807, 2.05) is 49.9 Å². The van der Waals surface area contributed by atoms with Gasteiger partial charge in [0.05, 0.1) is 11.6 Å². The van der Waals surface area contributed by atoms with Crippen molar-refractivity contribution in [3.05, 3.63) is 53.3 Å². The lowest BCUT2D eigenvalue weighted by Crippen LogP contribution is -2.50. The number of carbonyl (C=O) groups excluding carboxylic acids is 2. The summed E-state index contributed by atoms with van der Waals surface area (Å²) in [5.41, 5.74) is -0.0737. The number of piperazine rings is 1. The highest BCUT2D eigenvalue weighted by Gasteiger charge is 2.31. The van der Waals surface area contributed by atoms with Crippen LogP contribution in [-0.2, 0) is 9.47 Å². The molecular formula is C38H47ClFN5O6Si. The summed E-state index contributed by atoms with van der Waals surface area (Å²) in [7, 11) is -1.33. The Labute approximate surface area is 309 Å². The van der Waals surface area contributed by atoms with E-state index in [-0.39, 0.29) is 40.1 Å². The number of aromatic nitrogens is 2. The van der Waals surface area contributed by atoms with Gasteiger partial charge in [0.25, 0.3) is 0 Å². The van der Waals surface area contributed by atoms with Gasteiger partial charge in [0, 0.05) is 71.1 Å². The van der Waals surface area contributed by atoms with Gasteiger partial charge in [-0.15, -0.1) is 0 Å². The maximum absolute atomic E-state index is 17.0. The van der Waals surface area contributed by atoms with Crippen LogP contribution in [0.3, 0.4) is 0 Å². The van der Waals surface area contributed by atoms with E-state index in [0.29, 0.717) is 75.5 Å².